The summed E-state index contributed by atoms with van der Waals surface area (Å²) < 4.78 is 40.5. The monoisotopic (exact) mass is 524 g/mol. The SMILES string of the molecule is CC1(C)C(=O)N(c2ccc(C#N)c(C(F)(F)F)c2)C(=S)N1c1ccc(C(=O)Nc2ccccc2N)cn1. The fourth-order valence-electron chi connectivity index (χ4n) is 3.87. The van der Waals surface area contributed by atoms with Gasteiger partial charge in [-0.2, -0.15) is 18.4 Å². The lowest BCUT2D eigenvalue weighted by Gasteiger charge is -2.28. The molecule has 2 aromatic carbocycles. The summed E-state index contributed by atoms with van der Waals surface area (Å²) >= 11 is 5.49. The minimum atomic E-state index is -4.80. The van der Waals surface area contributed by atoms with Crippen molar-refractivity contribution >= 4 is 52.0 Å². The summed E-state index contributed by atoms with van der Waals surface area (Å²) in [5, 5.41) is 11.6. The predicted molar refractivity (Wildman–Crippen MR) is 136 cm³/mol. The van der Waals surface area contributed by atoms with E-state index in [4.69, 9.17) is 23.2 Å². The summed E-state index contributed by atoms with van der Waals surface area (Å²) in [6.45, 7) is 3.10. The number of hydrogen-bond donors (Lipinski definition) is 2. The van der Waals surface area contributed by atoms with Crippen molar-refractivity contribution in [3.8, 4) is 6.07 Å². The van der Waals surface area contributed by atoms with E-state index in [1.807, 2.05) is 0 Å². The highest BCUT2D eigenvalue weighted by Gasteiger charge is 2.51. The summed E-state index contributed by atoms with van der Waals surface area (Å²) in [6, 6.07) is 14.2. The van der Waals surface area contributed by atoms with Gasteiger partial charge in [-0.25, -0.2) is 4.98 Å². The van der Waals surface area contributed by atoms with Crippen LogP contribution in [0.4, 0.5) is 36.1 Å². The van der Waals surface area contributed by atoms with Crippen LogP contribution in [0.5, 0.6) is 0 Å². The van der Waals surface area contributed by atoms with Crippen molar-refractivity contribution in [2.75, 3.05) is 20.9 Å². The number of alkyl halides is 3. The number of carbonyl (C=O) groups is 2. The molecule has 8 nitrogen and oxygen atoms in total. The number of nitrogens with one attached hydrogen (secondary N) is 1. The number of nitrogen functional groups attached to an aromatic ring is 1. The van der Waals surface area contributed by atoms with E-state index in [0.717, 1.165) is 17.0 Å². The topological polar surface area (TPSA) is 115 Å². The lowest BCUT2D eigenvalue weighted by atomic mass is 10.0. The largest absolute Gasteiger partial charge is 0.417 e. The number of pyridine rings is 1. The molecule has 3 aromatic rings. The molecule has 0 atom stereocenters. The van der Waals surface area contributed by atoms with Gasteiger partial charge in [0.25, 0.3) is 11.8 Å². The number of nitrogens with two attached hydrogens (primary N) is 1. The molecule has 4 rings (SSSR count). The number of thiocarbonyl (C=S) groups is 1. The number of hydrogen-bond acceptors (Lipinski definition) is 6. The third kappa shape index (κ3) is 4.56. The molecule has 0 radical (unpaired) electrons. The summed E-state index contributed by atoms with van der Waals surface area (Å²) in [7, 11) is 0. The van der Waals surface area contributed by atoms with Gasteiger partial charge < -0.3 is 11.1 Å². The Hall–Kier alpha value is -4.50. The molecule has 1 aromatic heterocycles. The van der Waals surface area contributed by atoms with E-state index in [2.05, 4.69) is 10.3 Å². The maximum absolute atomic E-state index is 13.5. The minimum absolute atomic E-state index is 0.102. The Morgan fingerprint density at radius 2 is 1.86 bits per heavy atom. The molecule has 0 spiro atoms. The summed E-state index contributed by atoms with van der Waals surface area (Å²) in [4.78, 5) is 32.6. The number of halogens is 3. The summed E-state index contributed by atoms with van der Waals surface area (Å²) in [5.74, 6) is -0.833. The van der Waals surface area contributed by atoms with Gasteiger partial charge in [-0.1, -0.05) is 12.1 Å². The maximum atomic E-state index is 13.5. The first-order chi connectivity index (χ1) is 17.4. The van der Waals surface area contributed by atoms with Crippen LogP contribution in [0, 0.1) is 11.3 Å². The Morgan fingerprint density at radius 3 is 2.46 bits per heavy atom. The molecule has 0 unspecified atom stereocenters. The van der Waals surface area contributed by atoms with E-state index in [-0.39, 0.29) is 22.2 Å². The number of nitriles is 1. The van der Waals surface area contributed by atoms with Gasteiger partial charge in [0, 0.05) is 6.20 Å². The van der Waals surface area contributed by atoms with E-state index in [1.54, 1.807) is 38.1 Å². The average Bonchev–Trinajstić information content (AvgIpc) is 3.03. The molecule has 12 heteroatoms. The van der Waals surface area contributed by atoms with Crippen LogP contribution in [0.3, 0.4) is 0 Å². The van der Waals surface area contributed by atoms with Crippen LogP contribution in [0.25, 0.3) is 0 Å². The molecule has 37 heavy (non-hydrogen) atoms. The van der Waals surface area contributed by atoms with Crippen LogP contribution in [0.2, 0.25) is 0 Å². The van der Waals surface area contributed by atoms with E-state index in [9.17, 15) is 22.8 Å². The highest BCUT2D eigenvalue weighted by molar-refractivity contribution is 7.81. The quantitative estimate of drug-likeness (QED) is 0.375. The van der Waals surface area contributed by atoms with Gasteiger partial charge >= 0.3 is 6.18 Å². The van der Waals surface area contributed by atoms with Crippen molar-refractivity contribution in [1.82, 2.24) is 4.98 Å². The Morgan fingerprint density at radius 1 is 1.16 bits per heavy atom. The van der Waals surface area contributed by atoms with Crippen LogP contribution in [-0.2, 0) is 11.0 Å². The Bertz CT molecular complexity index is 1460. The van der Waals surface area contributed by atoms with Crippen LogP contribution >= 0.6 is 12.2 Å². The third-order valence-electron chi connectivity index (χ3n) is 5.80. The van der Waals surface area contributed by atoms with E-state index in [0.29, 0.717) is 11.4 Å². The number of rotatable bonds is 4. The first-order valence-corrected chi connectivity index (χ1v) is 11.2. The molecule has 0 bridgehead atoms. The van der Waals surface area contributed by atoms with Gasteiger partial charge in [0.1, 0.15) is 11.4 Å². The van der Waals surface area contributed by atoms with Crippen molar-refractivity contribution < 1.29 is 22.8 Å². The number of aromatic nitrogens is 1. The molecule has 3 N–H and O–H groups in total. The smallest absolute Gasteiger partial charge is 0.397 e. The molecule has 2 amide bonds. The van der Waals surface area contributed by atoms with Crippen molar-refractivity contribution in [3.63, 3.8) is 0 Å². The molecule has 0 saturated carbocycles. The zero-order valence-corrected chi connectivity index (χ0v) is 20.3. The summed E-state index contributed by atoms with van der Waals surface area (Å²) in [5.41, 5.74) is 3.70. The van der Waals surface area contributed by atoms with Crippen molar-refractivity contribution in [1.29, 1.82) is 5.26 Å². The van der Waals surface area contributed by atoms with Gasteiger partial charge in [0.15, 0.2) is 5.11 Å². The van der Waals surface area contributed by atoms with Gasteiger partial charge in [-0.15, -0.1) is 0 Å². The van der Waals surface area contributed by atoms with Crippen LogP contribution in [0.15, 0.2) is 60.8 Å². The Kier molecular flexibility index (Phi) is 6.35. The predicted octanol–water partition coefficient (Wildman–Crippen LogP) is 4.72. The number of benzene rings is 2. The Labute approximate surface area is 215 Å². The van der Waals surface area contributed by atoms with Crippen molar-refractivity contribution in [3.05, 3.63) is 77.5 Å². The molecule has 188 valence electrons. The van der Waals surface area contributed by atoms with Crippen molar-refractivity contribution in [2.45, 2.75) is 25.6 Å². The van der Waals surface area contributed by atoms with Gasteiger partial charge in [-0.05, 0) is 68.5 Å². The number of anilines is 4. The van der Waals surface area contributed by atoms with E-state index in [1.165, 1.54) is 35.4 Å². The van der Waals surface area contributed by atoms with Gasteiger partial charge in [0.2, 0.25) is 0 Å². The third-order valence-corrected chi connectivity index (χ3v) is 6.17. The van der Waals surface area contributed by atoms with Crippen LogP contribution in [-0.4, -0.2) is 27.4 Å². The molecule has 1 saturated heterocycles. The molecule has 1 aliphatic rings. The first kappa shape index (κ1) is 25.6. The fraction of sp³-hybridized carbons (Fsp3) is 0.160. The number of carbonyl (C=O) groups excluding carboxylic acids is 2. The fourth-order valence-corrected chi connectivity index (χ4v) is 4.38. The number of para-hydroxylation sites is 2. The lowest BCUT2D eigenvalue weighted by molar-refractivity contribution is -0.137. The molecule has 1 fully saturated rings. The first-order valence-electron chi connectivity index (χ1n) is 10.8. The molecule has 2 heterocycles. The van der Waals surface area contributed by atoms with E-state index < -0.39 is 34.7 Å². The van der Waals surface area contributed by atoms with Gasteiger partial charge in [-0.3, -0.25) is 19.4 Å². The second-order valence-corrected chi connectivity index (χ2v) is 8.97. The van der Waals surface area contributed by atoms with Gasteiger partial charge in [0.05, 0.1) is 39.8 Å². The van der Waals surface area contributed by atoms with Crippen molar-refractivity contribution in [2.24, 2.45) is 0 Å². The number of nitrogens with zero attached hydrogens (tertiary/aromatic N) is 4. The minimum Gasteiger partial charge on any atom is -0.397 e. The van der Waals surface area contributed by atoms with Crippen LogP contribution < -0.4 is 20.9 Å². The summed E-state index contributed by atoms with van der Waals surface area (Å²) in [6.07, 6.45) is -3.51. The molecule has 0 aliphatic carbocycles. The zero-order valence-electron chi connectivity index (χ0n) is 19.5. The zero-order chi connectivity index (χ0) is 27.1. The second-order valence-electron chi connectivity index (χ2n) is 8.60. The molecular weight excluding hydrogens is 505 g/mol. The lowest BCUT2D eigenvalue weighted by Crippen LogP contribution is -2.44. The van der Waals surface area contributed by atoms with E-state index >= 15 is 0 Å². The highest BCUT2D eigenvalue weighted by Crippen LogP contribution is 2.39. The second kappa shape index (κ2) is 9.18. The Balaban J connectivity index is 1.64. The highest BCUT2D eigenvalue weighted by atomic mass is 32.1. The van der Waals surface area contributed by atoms with Crippen LogP contribution in [0.1, 0.15) is 35.3 Å². The average molecular weight is 525 g/mol. The number of amides is 2. The molecular formula is C25H19F3N6O2S. The molecule has 1 aliphatic heterocycles. The maximum Gasteiger partial charge on any atom is 0.417 e. The normalized spacial score (nSPS) is 15.0. The standard InChI is InChI=1S/C25H19F3N6O2S/c1-24(2)22(36)33(16-9-7-14(12-29)17(11-16)25(26,27)28)23(37)34(24)20-10-8-15(13-31-20)21(35)32-19-6-4-3-5-18(19)30/h3-11,13H,30H2,1-2H3,(H,32,35).